The van der Waals surface area contributed by atoms with E-state index in [-0.39, 0.29) is 12.1 Å². The van der Waals surface area contributed by atoms with E-state index in [1.54, 1.807) is 0 Å². The van der Waals surface area contributed by atoms with Gasteiger partial charge in [-0.15, -0.1) is 0 Å². The van der Waals surface area contributed by atoms with Gasteiger partial charge in [0.05, 0.1) is 22.7 Å². The predicted molar refractivity (Wildman–Crippen MR) is 98.1 cm³/mol. The Bertz CT molecular complexity index is 604. The van der Waals surface area contributed by atoms with Gasteiger partial charge in [0.15, 0.2) is 0 Å². The van der Waals surface area contributed by atoms with E-state index in [2.05, 4.69) is 37.3 Å². The minimum absolute atomic E-state index is 0.0916. The fraction of sp³-hybridized carbons (Fsp3) is 0.600. The number of rotatable bonds is 6. The summed E-state index contributed by atoms with van der Waals surface area (Å²) in [5.74, 6) is 0. The molecule has 1 aliphatic rings. The van der Waals surface area contributed by atoms with Gasteiger partial charge in [0.25, 0.3) is 0 Å². The zero-order chi connectivity index (χ0) is 18.3. The van der Waals surface area contributed by atoms with Crippen molar-refractivity contribution >= 4 is 5.71 Å². The molecule has 0 spiro atoms. The van der Waals surface area contributed by atoms with Crippen LogP contribution in [0, 0.1) is 11.3 Å². The highest BCUT2D eigenvalue weighted by Crippen LogP contribution is 2.37. The second-order valence-corrected chi connectivity index (χ2v) is 7.97. The third-order valence-electron chi connectivity index (χ3n) is 4.68. The number of hydrogen-bond acceptors (Lipinski definition) is 4. The van der Waals surface area contributed by atoms with Crippen molar-refractivity contribution in [2.45, 2.75) is 63.5 Å². The molecule has 0 heterocycles. The molecular weight excluding hydrogens is 314 g/mol. The molecule has 1 saturated carbocycles. The van der Waals surface area contributed by atoms with Gasteiger partial charge in [-0.3, -0.25) is 0 Å². The number of aliphatic hydroxyl groups is 1. The van der Waals surface area contributed by atoms with Crippen molar-refractivity contribution in [3.05, 3.63) is 35.9 Å². The molecule has 0 amide bonds. The summed E-state index contributed by atoms with van der Waals surface area (Å²) in [6.07, 6.45) is 2.50. The predicted octanol–water partition coefficient (Wildman–Crippen LogP) is 2.12. The second kappa shape index (κ2) is 8.46. The molecule has 1 fully saturated rings. The second-order valence-electron chi connectivity index (χ2n) is 7.97. The Morgan fingerprint density at radius 2 is 1.92 bits per heavy atom. The lowest BCUT2D eigenvalue weighted by Gasteiger charge is -2.31. The molecule has 0 saturated heterocycles. The first kappa shape index (κ1) is 19.4. The molecule has 0 radical (unpaired) electrons. The van der Waals surface area contributed by atoms with Gasteiger partial charge in [0, 0.05) is 0 Å². The summed E-state index contributed by atoms with van der Waals surface area (Å²) in [6.45, 7) is 7.13. The number of quaternary nitrogens is 1. The highest BCUT2D eigenvalue weighted by Gasteiger charge is 2.36. The summed E-state index contributed by atoms with van der Waals surface area (Å²) >= 11 is 0. The molecule has 5 nitrogen and oxygen atoms in total. The third-order valence-corrected chi connectivity index (χ3v) is 4.68. The molecule has 136 valence electrons. The van der Waals surface area contributed by atoms with Crippen molar-refractivity contribution in [3.63, 3.8) is 0 Å². The first-order valence-corrected chi connectivity index (χ1v) is 9.01. The maximum absolute atomic E-state index is 9.94. The summed E-state index contributed by atoms with van der Waals surface area (Å²) in [5.41, 5.74) is 1.75. The average molecular weight is 344 g/mol. The van der Waals surface area contributed by atoms with Crippen molar-refractivity contribution < 1.29 is 15.3 Å². The highest BCUT2D eigenvalue weighted by molar-refractivity contribution is 5.85. The van der Waals surface area contributed by atoms with E-state index in [1.807, 2.05) is 30.3 Å². The quantitative estimate of drug-likeness (QED) is 0.776. The fourth-order valence-corrected chi connectivity index (χ4v) is 3.05. The van der Waals surface area contributed by atoms with Gasteiger partial charge in [-0.05, 0) is 52.0 Å². The smallest absolute Gasteiger partial charge is 0.148 e. The zero-order valence-electron chi connectivity index (χ0n) is 15.5. The number of oxime groups is 1. The molecule has 1 aliphatic carbocycles. The van der Waals surface area contributed by atoms with Crippen LogP contribution >= 0.6 is 0 Å². The SMILES string of the molecule is CC(C)(C)[NH2+]C[C@H](O)CON=C1CCC(C#N)(c2ccccc2)CC1. The number of aliphatic hydroxyl groups excluding tert-OH is 1. The minimum atomic E-state index is -0.533. The van der Waals surface area contributed by atoms with E-state index in [1.165, 1.54) is 0 Å². The summed E-state index contributed by atoms with van der Waals surface area (Å²) < 4.78 is 0. The van der Waals surface area contributed by atoms with Gasteiger partial charge in [-0.1, -0.05) is 35.5 Å². The van der Waals surface area contributed by atoms with E-state index >= 15 is 0 Å². The maximum atomic E-state index is 9.94. The zero-order valence-corrected chi connectivity index (χ0v) is 15.5. The van der Waals surface area contributed by atoms with E-state index in [0.717, 1.165) is 37.0 Å². The van der Waals surface area contributed by atoms with Crippen molar-refractivity contribution in [1.82, 2.24) is 0 Å². The van der Waals surface area contributed by atoms with Crippen LogP contribution in [0.5, 0.6) is 0 Å². The molecular formula is C20H30N3O2+. The lowest BCUT2D eigenvalue weighted by Crippen LogP contribution is -2.96. The van der Waals surface area contributed by atoms with Gasteiger partial charge < -0.3 is 15.3 Å². The largest absolute Gasteiger partial charge is 0.393 e. The minimum Gasteiger partial charge on any atom is -0.393 e. The number of nitrogens with zero attached hydrogens (tertiary/aromatic N) is 2. The number of hydrogen-bond donors (Lipinski definition) is 2. The average Bonchev–Trinajstić information content (AvgIpc) is 2.61. The molecule has 1 aromatic carbocycles. The first-order chi connectivity index (χ1) is 11.8. The van der Waals surface area contributed by atoms with E-state index < -0.39 is 11.5 Å². The van der Waals surface area contributed by atoms with Crippen molar-refractivity contribution in [1.29, 1.82) is 5.26 Å². The van der Waals surface area contributed by atoms with Gasteiger partial charge in [0.1, 0.15) is 19.3 Å². The van der Waals surface area contributed by atoms with Crippen molar-refractivity contribution in [2.75, 3.05) is 13.2 Å². The fourth-order valence-electron chi connectivity index (χ4n) is 3.05. The first-order valence-electron chi connectivity index (χ1n) is 9.01. The molecule has 1 aromatic rings. The Hall–Kier alpha value is -1.90. The van der Waals surface area contributed by atoms with Crippen molar-refractivity contribution in [3.8, 4) is 6.07 Å². The topological polar surface area (TPSA) is 82.2 Å². The van der Waals surface area contributed by atoms with Crippen molar-refractivity contribution in [2.24, 2.45) is 5.16 Å². The molecule has 0 aromatic heterocycles. The van der Waals surface area contributed by atoms with Crippen LogP contribution in [0.1, 0.15) is 52.0 Å². The molecule has 5 heteroatoms. The monoisotopic (exact) mass is 344 g/mol. The lowest BCUT2D eigenvalue weighted by atomic mass is 9.70. The van der Waals surface area contributed by atoms with Gasteiger partial charge in [0.2, 0.25) is 0 Å². The standard InChI is InChI=1S/C20H29N3O2/c1-19(2,3)22-13-18(24)14-25-23-17-9-11-20(15-21,12-10-17)16-7-5-4-6-8-16/h4-8,18,22,24H,9-14H2,1-3H3/p+1/t18-,20?/m0/s1. The van der Waals surface area contributed by atoms with Crippen LogP contribution in [0.2, 0.25) is 0 Å². The van der Waals surface area contributed by atoms with Crippen LogP contribution in [0.25, 0.3) is 0 Å². The van der Waals surface area contributed by atoms with Gasteiger partial charge >= 0.3 is 0 Å². The molecule has 0 bridgehead atoms. The van der Waals surface area contributed by atoms with Gasteiger partial charge in [-0.2, -0.15) is 5.26 Å². The Kier molecular flexibility index (Phi) is 6.57. The Morgan fingerprint density at radius 3 is 2.48 bits per heavy atom. The van der Waals surface area contributed by atoms with Crippen LogP contribution < -0.4 is 5.32 Å². The molecule has 0 aliphatic heterocycles. The lowest BCUT2D eigenvalue weighted by molar-refractivity contribution is -0.722. The number of benzene rings is 1. The highest BCUT2D eigenvalue weighted by atomic mass is 16.6. The third kappa shape index (κ3) is 5.84. The normalized spacial score (nSPS) is 22.1. The molecule has 1 atom stereocenters. The summed E-state index contributed by atoms with van der Waals surface area (Å²) in [4.78, 5) is 5.34. The van der Waals surface area contributed by atoms with Crippen LogP contribution in [-0.4, -0.2) is 35.6 Å². The van der Waals surface area contributed by atoms with Crippen LogP contribution in [0.3, 0.4) is 0 Å². The van der Waals surface area contributed by atoms with Crippen LogP contribution in [0.15, 0.2) is 35.5 Å². The Balaban J connectivity index is 1.81. The molecule has 2 rings (SSSR count). The van der Waals surface area contributed by atoms with Crippen LogP contribution in [0.4, 0.5) is 0 Å². The summed E-state index contributed by atoms with van der Waals surface area (Å²) in [5, 5.41) is 25.9. The van der Waals surface area contributed by atoms with E-state index in [0.29, 0.717) is 6.54 Å². The van der Waals surface area contributed by atoms with Gasteiger partial charge in [-0.25, -0.2) is 0 Å². The summed E-state index contributed by atoms with van der Waals surface area (Å²) in [6, 6.07) is 12.5. The summed E-state index contributed by atoms with van der Waals surface area (Å²) in [7, 11) is 0. The number of nitriles is 1. The Morgan fingerprint density at radius 1 is 1.28 bits per heavy atom. The Labute approximate surface area is 150 Å². The van der Waals surface area contributed by atoms with Crippen LogP contribution in [-0.2, 0) is 10.3 Å². The molecule has 25 heavy (non-hydrogen) atoms. The molecule has 3 N–H and O–H groups in total. The van der Waals surface area contributed by atoms with E-state index in [4.69, 9.17) is 4.84 Å². The van der Waals surface area contributed by atoms with E-state index in [9.17, 15) is 10.4 Å². The molecule has 0 unspecified atom stereocenters. The maximum Gasteiger partial charge on any atom is 0.148 e. The number of nitrogens with two attached hydrogens (primary N) is 1.